The molecule has 1 aromatic heterocycles. The van der Waals surface area contributed by atoms with Gasteiger partial charge in [-0.25, -0.2) is 4.79 Å². The van der Waals surface area contributed by atoms with Crippen LogP contribution in [0.3, 0.4) is 0 Å². The number of hydrogen-bond donors (Lipinski definition) is 1. The van der Waals surface area contributed by atoms with Crippen LogP contribution in [0.5, 0.6) is 0 Å². The number of hydrogen-bond acceptors (Lipinski definition) is 4. The first-order chi connectivity index (χ1) is 11.6. The van der Waals surface area contributed by atoms with Crippen LogP contribution in [0.1, 0.15) is 35.1 Å². The topological polar surface area (TPSA) is 76.3 Å². The molecule has 2 aliphatic carbocycles. The lowest BCUT2D eigenvalue weighted by atomic mass is 9.99. The van der Waals surface area contributed by atoms with E-state index in [4.69, 9.17) is 0 Å². The van der Waals surface area contributed by atoms with E-state index in [0.29, 0.717) is 0 Å². The van der Waals surface area contributed by atoms with E-state index in [9.17, 15) is 9.00 Å². The Kier molecular flexibility index (Phi) is 3.88. The average Bonchev–Trinajstić information content (AvgIpc) is 3.26. The van der Waals surface area contributed by atoms with Crippen LogP contribution in [0, 0.1) is 0 Å². The van der Waals surface area contributed by atoms with Crippen LogP contribution in [-0.2, 0) is 47.5 Å². The number of benzene rings is 1. The molecule has 126 valence electrons. The van der Waals surface area contributed by atoms with Crippen molar-refractivity contribution in [3.63, 3.8) is 0 Å². The molecule has 0 radical (unpaired) electrons. The van der Waals surface area contributed by atoms with Crippen molar-refractivity contribution in [3.8, 4) is 0 Å². The van der Waals surface area contributed by atoms with Gasteiger partial charge in [-0.15, -0.1) is 10.6 Å². The molecule has 0 aliphatic heterocycles. The zero-order valence-corrected chi connectivity index (χ0v) is 14.4. The third kappa shape index (κ3) is 2.73. The highest BCUT2D eigenvalue weighted by molar-refractivity contribution is 7.75. The van der Waals surface area contributed by atoms with Gasteiger partial charge in [0, 0.05) is 24.0 Å². The summed E-state index contributed by atoms with van der Waals surface area (Å²) < 4.78 is 17.4. The Balaban J connectivity index is 1.64. The van der Waals surface area contributed by atoms with Crippen molar-refractivity contribution >= 4 is 22.3 Å². The summed E-state index contributed by atoms with van der Waals surface area (Å²) in [5.41, 5.74) is 6.09. The SMILES string of the molecule is Cn1ccc([S-](=O)=NC(=O)Nc2c3c(cc4c2CCC4)CCC3)n1. The van der Waals surface area contributed by atoms with Crippen molar-refractivity contribution in [3.05, 3.63) is 40.6 Å². The van der Waals surface area contributed by atoms with Gasteiger partial charge in [-0.2, -0.15) is 5.10 Å². The molecule has 0 saturated heterocycles. The van der Waals surface area contributed by atoms with E-state index in [1.165, 1.54) is 26.9 Å². The third-order valence-electron chi connectivity index (χ3n) is 4.74. The Morgan fingerprint density at radius 2 is 1.88 bits per heavy atom. The minimum Gasteiger partial charge on any atom is -0.438 e. The van der Waals surface area contributed by atoms with E-state index < -0.39 is 16.6 Å². The monoisotopic (exact) mass is 343 g/mol. The van der Waals surface area contributed by atoms with Crippen LogP contribution in [0.4, 0.5) is 10.5 Å². The maximum absolute atomic E-state index is 12.3. The second kappa shape index (κ2) is 6.05. The summed E-state index contributed by atoms with van der Waals surface area (Å²) in [7, 11) is -0.0484. The Morgan fingerprint density at radius 1 is 1.21 bits per heavy atom. The number of aryl methyl sites for hydroxylation is 3. The second-order valence-electron chi connectivity index (χ2n) is 6.33. The van der Waals surface area contributed by atoms with Crippen LogP contribution in [0.25, 0.3) is 0 Å². The van der Waals surface area contributed by atoms with Gasteiger partial charge in [-0.1, -0.05) is 6.07 Å². The van der Waals surface area contributed by atoms with Gasteiger partial charge in [0.05, 0.1) is 0 Å². The van der Waals surface area contributed by atoms with Crippen LogP contribution >= 0.6 is 0 Å². The predicted molar refractivity (Wildman–Crippen MR) is 91.5 cm³/mol. The normalized spacial score (nSPS) is 16.9. The summed E-state index contributed by atoms with van der Waals surface area (Å²) in [5.74, 6) is 0. The predicted octanol–water partition coefficient (Wildman–Crippen LogP) is 3.14. The van der Waals surface area contributed by atoms with Gasteiger partial charge in [0.2, 0.25) is 0 Å². The van der Waals surface area contributed by atoms with Crippen LogP contribution in [0.2, 0.25) is 0 Å². The fourth-order valence-electron chi connectivity index (χ4n) is 3.71. The fourth-order valence-corrected chi connectivity index (χ4v) is 4.37. The first kappa shape index (κ1) is 15.4. The molecule has 1 N–H and O–H groups in total. The van der Waals surface area contributed by atoms with Gasteiger partial charge in [0.15, 0.2) is 0 Å². The quantitative estimate of drug-likeness (QED) is 0.851. The lowest BCUT2D eigenvalue weighted by Gasteiger charge is -2.15. The van der Waals surface area contributed by atoms with E-state index in [0.717, 1.165) is 44.2 Å². The summed E-state index contributed by atoms with van der Waals surface area (Å²) in [5, 5.41) is 7.23. The van der Waals surface area contributed by atoms with Crippen molar-refractivity contribution < 1.29 is 9.00 Å². The zero-order valence-electron chi connectivity index (χ0n) is 13.5. The first-order valence-corrected chi connectivity index (χ1v) is 9.33. The van der Waals surface area contributed by atoms with Gasteiger partial charge in [0.1, 0.15) is 0 Å². The number of carbonyl (C=O) groups excluding carboxylic acids is 1. The number of nitrogens with zero attached hydrogens (tertiary/aromatic N) is 3. The molecule has 4 rings (SSSR count). The van der Waals surface area contributed by atoms with E-state index in [-0.39, 0.29) is 5.03 Å². The summed E-state index contributed by atoms with van der Waals surface area (Å²) in [6.07, 6.45) is 8.04. The van der Waals surface area contributed by atoms with Gasteiger partial charge in [-0.05, 0) is 66.8 Å². The third-order valence-corrected chi connectivity index (χ3v) is 5.65. The first-order valence-electron chi connectivity index (χ1n) is 8.22. The van der Waals surface area contributed by atoms with E-state index in [1.54, 1.807) is 19.3 Å². The number of amides is 2. The average molecular weight is 343 g/mol. The highest BCUT2D eigenvalue weighted by atomic mass is 32.2. The molecule has 24 heavy (non-hydrogen) atoms. The number of anilines is 1. The van der Waals surface area contributed by atoms with E-state index >= 15 is 0 Å². The summed E-state index contributed by atoms with van der Waals surface area (Å²) in [6, 6.07) is 3.35. The standard InChI is InChI=1S/C17H19N4O2S/c1-21-9-8-15(19-21)24(23)20-17(22)18-16-13-6-2-4-11(13)10-12-5-3-7-14(12)16/h8-10H,2-7H2,1H3,(H,18,22)/q-1. The molecule has 0 spiro atoms. The maximum atomic E-state index is 12.3. The molecule has 1 heterocycles. The molecule has 0 unspecified atom stereocenters. The lowest BCUT2D eigenvalue weighted by Crippen LogP contribution is -2.11. The van der Waals surface area contributed by atoms with Gasteiger partial charge in [-0.3, -0.25) is 4.68 Å². The number of urea groups is 1. The molecule has 2 aliphatic rings. The molecular formula is C17H19N4O2S-. The molecule has 0 saturated carbocycles. The van der Waals surface area contributed by atoms with Crippen molar-refractivity contribution in [1.82, 2.24) is 9.78 Å². The van der Waals surface area contributed by atoms with Crippen LogP contribution < -0.4 is 5.32 Å². The molecule has 2 amide bonds. The Bertz CT molecular complexity index is 877. The number of nitrogens with one attached hydrogen (secondary N) is 1. The summed E-state index contributed by atoms with van der Waals surface area (Å²) >= 11 is 0. The van der Waals surface area contributed by atoms with Crippen molar-refractivity contribution in [2.75, 3.05) is 5.32 Å². The van der Waals surface area contributed by atoms with E-state index in [2.05, 4.69) is 20.8 Å². The molecule has 0 atom stereocenters. The Labute approximate surface area is 142 Å². The van der Waals surface area contributed by atoms with Gasteiger partial charge >= 0.3 is 6.03 Å². The van der Waals surface area contributed by atoms with Crippen molar-refractivity contribution in [2.24, 2.45) is 11.4 Å². The fraction of sp³-hybridized carbons (Fsp3) is 0.412. The molecular weight excluding hydrogens is 324 g/mol. The molecule has 0 bridgehead atoms. The number of aromatic nitrogens is 2. The second-order valence-corrected chi connectivity index (χ2v) is 7.43. The van der Waals surface area contributed by atoms with Crippen LogP contribution in [0.15, 0.2) is 27.7 Å². The largest absolute Gasteiger partial charge is 0.438 e. The minimum atomic E-state index is -1.78. The maximum Gasteiger partial charge on any atom is 0.322 e. The number of fused-ring (bicyclic) bond motifs is 2. The zero-order chi connectivity index (χ0) is 16.7. The number of rotatable bonds is 2. The molecule has 2 aromatic rings. The summed E-state index contributed by atoms with van der Waals surface area (Å²) in [6.45, 7) is 0. The highest BCUT2D eigenvalue weighted by Gasteiger charge is 2.24. The highest BCUT2D eigenvalue weighted by Crippen LogP contribution is 2.38. The Morgan fingerprint density at radius 3 is 2.46 bits per heavy atom. The Hall–Kier alpha value is -2.15. The summed E-state index contributed by atoms with van der Waals surface area (Å²) in [4.78, 5) is 12.3. The van der Waals surface area contributed by atoms with Crippen molar-refractivity contribution in [2.45, 2.75) is 43.6 Å². The molecule has 7 heteroatoms. The molecule has 0 fully saturated rings. The van der Waals surface area contributed by atoms with Crippen LogP contribution in [-0.4, -0.2) is 15.8 Å². The van der Waals surface area contributed by atoms with Gasteiger partial charge < -0.3 is 13.9 Å². The van der Waals surface area contributed by atoms with Gasteiger partial charge in [0.25, 0.3) is 0 Å². The smallest absolute Gasteiger partial charge is 0.322 e. The minimum absolute atomic E-state index is 0.288. The lowest BCUT2D eigenvalue weighted by molar-refractivity contribution is 0.260. The van der Waals surface area contributed by atoms with E-state index in [1.807, 2.05) is 0 Å². The van der Waals surface area contributed by atoms with Crippen molar-refractivity contribution in [1.29, 1.82) is 0 Å². The number of carbonyl (C=O) groups is 1. The molecule has 1 aromatic carbocycles. The molecule has 6 nitrogen and oxygen atoms in total.